The lowest BCUT2D eigenvalue weighted by Crippen LogP contribution is -2.49. The van der Waals surface area contributed by atoms with Gasteiger partial charge in [0.1, 0.15) is 11.6 Å². The highest BCUT2D eigenvalue weighted by atomic mass is 19.4. The number of benzene rings is 6. The number of rotatable bonds is 16. The van der Waals surface area contributed by atoms with Crippen LogP contribution in [-0.2, 0) is 51.6 Å². The molecule has 2 saturated heterocycles. The molecule has 18 heteroatoms. The smallest absolute Gasteiger partial charge is 0.341 e. The first kappa shape index (κ1) is 60.4. The van der Waals surface area contributed by atoms with Crippen molar-refractivity contribution >= 4 is 12.1 Å². The molecule has 0 unspecified atom stereocenters. The Bertz CT molecular complexity index is 3320. The summed E-state index contributed by atoms with van der Waals surface area (Å²) >= 11 is 0. The van der Waals surface area contributed by atoms with Crippen molar-refractivity contribution in [1.82, 2.24) is 49.3 Å². The molecule has 0 atom stereocenters. The largest absolute Gasteiger partial charge is 0.416 e. The van der Waals surface area contributed by atoms with Crippen LogP contribution in [0.25, 0.3) is 22.8 Å². The van der Waals surface area contributed by atoms with E-state index in [-0.39, 0.29) is 24.1 Å². The van der Waals surface area contributed by atoms with E-state index in [0.717, 1.165) is 121 Å². The molecule has 12 nitrogen and oxygen atoms in total. The van der Waals surface area contributed by atoms with Gasteiger partial charge < -0.3 is 29.6 Å². The highest BCUT2D eigenvalue weighted by Crippen LogP contribution is 2.35. The molecule has 8 aromatic rings. The van der Waals surface area contributed by atoms with E-state index >= 15 is 0 Å². The van der Waals surface area contributed by atoms with Gasteiger partial charge in [0.2, 0.25) is 0 Å². The van der Waals surface area contributed by atoms with Crippen molar-refractivity contribution in [3.05, 3.63) is 226 Å². The van der Waals surface area contributed by atoms with Gasteiger partial charge in [-0.3, -0.25) is 9.80 Å². The lowest BCUT2D eigenvalue weighted by atomic mass is 10.0. The molecule has 2 aromatic heterocycles. The zero-order chi connectivity index (χ0) is 59.4. The van der Waals surface area contributed by atoms with Crippen molar-refractivity contribution < 1.29 is 35.9 Å². The van der Waals surface area contributed by atoms with E-state index in [1.54, 1.807) is 14.1 Å². The molecule has 0 bridgehead atoms. The molecule has 440 valence electrons. The van der Waals surface area contributed by atoms with Crippen LogP contribution in [0.3, 0.4) is 0 Å². The number of alkyl halides is 6. The van der Waals surface area contributed by atoms with Gasteiger partial charge >= 0.3 is 24.4 Å². The fourth-order valence-electron chi connectivity index (χ4n) is 11.3. The fourth-order valence-corrected chi connectivity index (χ4v) is 11.3. The highest BCUT2D eigenvalue weighted by molar-refractivity contribution is 5.74. The standard InChI is InChI=1S/2C33H36F3N5O/c1-24-30(23-39-19-17-29(18-20-39)41(32(42)37-2)22-26-11-7-4-8-12-26)38-31(40(24)21-25-9-5-3-6-10-25)27-13-15-28(16-14-27)33(34,35)36;1-24-30(23-39-19-17-29(18-20-39)40(32(42)37-2)21-25-9-5-3-6-10-25)41(22-26-11-7-4-8-12-26)31(38-24)27-13-15-28(16-14-27)33(34,35)36/h2*3-16,29H,17-23H2,1-2H3,(H,37,42). The first-order chi connectivity index (χ1) is 40.4. The van der Waals surface area contributed by atoms with Gasteiger partial charge in [0, 0.05) is 108 Å². The Labute approximate surface area is 487 Å². The molecule has 0 aliphatic carbocycles. The number of carbonyl (C=O) groups is 2. The van der Waals surface area contributed by atoms with Gasteiger partial charge in [0.25, 0.3) is 0 Å². The summed E-state index contributed by atoms with van der Waals surface area (Å²) in [6, 6.07) is 50.6. The van der Waals surface area contributed by atoms with Crippen LogP contribution in [0, 0.1) is 13.8 Å². The molecule has 6 aromatic carbocycles. The van der Waals surface area contributed by atoms with Crippen molar-refractivity contribution in [1.29, 1.82) is 0 Å². The second-order valence-electron chi connectivity index (χ2n) is 21.6. The van der Waals surface area contributed by atoms with Crippen LogP contribution in [-0.4, -0.2) is 103 Å². The quantitative estimate of drug-likeness (QED) is 0.0934. The van der Waals surface area contributed by atoms with Crippen molar-refractivity contribution in [3.8, 4) is 22.8 Å². The number of likely N-dealkylation sites (tertiary alicyclic amines) is 2. The maximum absolute atomic E-state index is 13.2. The number of aromatic nitrogens is 4. The minimum Gasteiger partial charge on any atom is -0.341 e. The average molecular weight is 1150 g/mol. The van der Waals surface area contributed by atoms with Crippen LogP contribution in [0.15, 0.2) is 170 Å². The number of nitrogens with one attached hydrogen (secondary N) is 2. The Kier molecular flexibility index (Phi) is 19.7. The Morgan fingerprint density at radius 1 is 0.476 bits per heavy atom. The van der Waals surface area contributed by atoms with Crippen LogP contribution in [0.4, 0.5) is 35.9 Å². The summed E-state index contributed by atoms with van der Waals surface area (Å²) in [6.45, 7) is 10.8. The second-order valence-corrected chi connectivity index (χ2v) is 21.6. The molecule has 0 radical (unpaired) electrons. The fraction of sp³-hybridized carbons (Fsp3) is 0.333. The van der Waals surface area contributed by atoms with Crippen molar-refractivity contribution in [2.75, 3.05) is 40.3 Å². The van der Waals surface area contributed by atoms with Gasteiger partial charge in [-0.2, -0.15) is 26.3 Å². The van der Waals surface area contributed by atoms with Gasteiger partial charge in [-0.25, -0.2) is 19.6 Å². The number of hydrogen-bond acceptors (Lipinski definition) is 6. The van der Waals surface area contributed by atoms with Crippen LogP contribution in [0.5, 0.6) is 0 Å². The van der Waals surface area contributed by atoms with E-state index in [9.17, 15) is 35.9 Å². The molecule has 2 aliphatic rings. The summed E-state index contributed by atoms with van der Waals surface area (Å²) in [5.74, 6) is 1.31. The predicted molar refractivity (Wildman–Crippen MR) is 315 cm³/mol. The third-order valence-electron chi connectivity index (χ3n) is 16.0. The van der Waals surface area contributed by atoms with Crippen molar-refractivity contribution in [3.63, 3.8) is 0 Å². The normalized spacial score (nSPS) is 14.6. The molecule has 2 aliphatic heterocycles. The van der Waals surface area contributed by atoms with E-state index < -0.39 is 23.5 Å². The van der Waals surface area contributed by atoms with Crippen LogP contribution < -0.4 is 10.6 Å². The van der Waals surface area contributed by atoms with Gasteiger partial charge in [0.15, 0.2) is 0 Å². The SMILES string of the molecule is CNC(=O)N(Cc1ccccc1)C1CCN(Cc2c(C)nc(-c3ccc(C(F)(F)F)cc3)n2Cc2ccccc2)CC1.CNC(=O)N(Cc1ccccc1)C1CCN(Cc2nc(-c3ccc(C(F)(F)F)cc3)n(Cc3ccccc3)c2C)CC1. The van der Waals surface area contributed by atoms with E-state index in [1.165, 1.54) is 24.3 Å². The predicted octanol–water partition coefficient (Wildman–Crippen LogP) is 13.5. The summed E-state index contributed by atoms with van der Waals surface area (Å²) in [5, 5.41) is 5.60. The van der Waals surface area contributed by atoms with Gasteiger partial charge in [0.05, 0.1) is 28.2 Å². The van der Waals surface area contributed by atoms with Gasteiger partial charge in [-0.15, -0.1) is 0 Å². The number of hydrogen-bond donors (Lipinski definition) is 2. The molecule has 4 heterocycles. The number of nitrogens with zero attached hydrogens (tertiary/aromatic N) is 8. The molecule has 2 fully saturated rings. The monoisotopic (exact) mass is 1150 g/mol. The zero-order valence-electron chi connectivity index (χ0n) is 47.9. The van der Waals surface area contributed by atoms with E-state index in [4.69, 9.17) is 9.97 Å². The molecule has 84 heavy (non-hydrogen) atoms. The number of aryl methyl sites for hydroxylation is 1. The lowest BCUT2D eigenvalue weighted by Gasteiger charge is -2.38. The number of imidazole rings is 2. The number of piperidine rings is 2. The lowest BCUT2D eigenvalue weighted by molar-refractivity contribution is -0.138. The third kappa shape index (κ3) is 15.3. The second kappa shape index (κ2) is 27.4. The van der Waals surface area contributed by atoms with E-state index in [1.807, 2.05) is 145 Å². The number of halogens is 6. The van der Waals surface area contributed by atoms with Crippen molar-refractivity contribution in [2.24, 2.45) is 0 Å². The zero-order valence-corrected chi connectivity index (χ0v) is 47.9. The Morgan fingerprint density at radius 2 is 0.833 bits per heavy atom. The van der Waals surface area contributed by atoms with Gasteiger partial charge in [-0.05, 0) is 86.1 Å². The molecular formula is C66H72F6N10O2. The Morgan fingerprint density at radius 3 is 1.21 bits per heavy atom. The minimum atomic E-state index is -4.39. The number of urea groups is 2. The van der Waals surface area contributed by atoms with Crippen molar-refractivity contribution in [2.45, 2.75) is 103 Å². The first-order valence-corrected chi connectivity index (χ1v) is 28.5. The molecule has 10 rings (SSSR count). The van der Waals surface area contributed by atoms with E-state index in [2.05, 4.69) is 29.6 Å². The number of carbonyl (C=O) groups excluding carboxylic acids is 2. The molecule has 0 spiro atoms. The van der Waals surface area contributed by atoms with Crippen LogP contribution in [0.2, 0.25) is 0 Å². The first-order valence-electron chi connectivity index (χ1n) is 28.5. The van der Waals surface area contributed by atoms with Crippen LogP contribution >= 0.6 is 0 Å². The third-order valence-corrected chi connectivity index (χ3v) is 16.0. The highest BCUT2D eigenvalue weighted by Gasteiger charge is 2.34. The summed E-state index contributed by atoms with van der Waals surface area (Å²) < 4.78 is 83.5. The maximum Gasteiger partial charge on any atom is 0.416 e. The Hall–Kier alpha value is -8.22. The topological polar surface area (TPSA) is 107 Å². The maximum atomic E-state index is 13.2. The van der Waals surface area contributed by atoms with Crippen LogP contribution in [0.1, 0.15) is 81.8 Å². The molecule has 0 saturated carbocycles. The Balaban J connectivity index is 0.000000202. The van der Waals surface area contributed by atoms with E-state index in [0.29, 0.717) is 62.0 Å². The molecule has 4 amide bonds. The molecule has 2 N–H and O–H groups in total. The summed E-state index contributed by atoms with van der Waals surface area (Å²) in [7, 11) is 3.33. The minimum absolute atomic E-state index is 0.0738. The summed E-state index contributed by atoms with van der Waals surface area (Å²) in [5.41, 5.74) is 8.12. The average Bonchev–Trinajstić information content (AvgIpc) is 4.22. The molecular weight excluding hydrogens is 1080 g/mol. The summed E-state index contributed by atoms with van der Waals surface area (Å²) in [6.07, 6.45) is -5.40. The summed E-state index contributed by atoms with van der Waals surface area (Å²) in [4.78, 5) is 44.0. The van der Waals surface area contributed by atoms with Gasteiger partial charge in [-0.1, -0.05) is 146 Å². The number of amides is 4.